The number of hydrogen-bond acceptors (Lipinski definition) is 4. The van der Waals surface area contributed by atoms with Gasteiger partial charge in [0.05, 0.1) is 12.7 Å². The van der Waals surface area contributed by atoms with E-state index in [1.807, 2.05) is 0 Å². The minimum atomic E-state index is -1.45. The van der Waals surface area contributed by atoms with E-state index < -0.39 is 17.7 Å². The van der Waals surface area contributed by atoms with E-state index in [-0.39, 0.29) is 13.0 Å². The molecular formula is C9H16O4. The maximum Gasteiger partial charge on any atom is 0.338 e. The van der Waals surface area contributed by atoms with Crippen LogP contribution in [0.4, 0.5) is 0 Å². The molecule has 0 aromatic heterocycles. The Labute approximate surface area is 77.5 Å². The topological polar surface area (TPSA) is 66.8 Å². The molecule has 4 nitrogen and oxygen atoms in total. The first kappa shape index (κ1) is 10.5. The molecule has 1 aliphatic rings. The SMILES string of the molecule is CCOC(=O)C1(O)CCCC(O)C1. The molecule has 0 bridgehead atoms. The van der Waals surface area contributed by atoms with Crippen molar-refractivity contribution in [2.24, 2.45) is 0 Å². The van der Waals surface area contributed by atoms with Crippen LogP contribution in [0.2, 0.25) is 0 Å². The number of aliphatic hydroxyl groups excluding tert-OH is 1. The Morgan fingerprint density at radius 3 is 2.92 bits per heavy atom. The van der Waals surface area contributed by atoms with Crippen molar-refractivity contribution in [3.63, 3.8) is 0 Å². The average molecular weight is 188 g/mol. The first-order valence-electron chi connectivity index (χ1n) is 4.66. The summed E-state index contributed by atoms with van der Waals surface area (Å²) in [6.07, 6.45) is 1.23. The molecule has 2 atom stereocenters. The van der Waals surface area contributed by atoms with Gasteiger partial charge in [-0.1, -0.05) is 0 Å². The zero-order chi connectivity index (χ0) is 9.90. The summed E-state index contributed by atoms with van der Waals surface area (Å²) in [5.74, 6) is -0.603. The Hall–Kier alpha value is -0.610. The zero-order valence-electron chi connectivity index (χ0n) is 7.82. The van der Waals surface area contributed by atoms with Crippen molar-refractivity contribution in [1.82, 2.24) is 0 Å². The van der Waals surface area contributed by atoms with Crippen LogP contribution in [0.25, 0.3) is 0 Å². The Balaban J connectivity index is 2.57. The lowest BCUT2D eigenvalue weighted by atomic mass is 9.83. The molecule has 0 heterocycles. The van der Waals surface area contributed by atoms with Gasteiger partial charge >= 0.3 is 5.97 Å². The van der Waals surface area contributed by atoms with Crippen molar-refractivity contribution in [3.8, 4) is 0 Å². The van der Waals surface area contributed by atoms with Gasteiger partial charge in [-0.3, -0.25) is 0 Å². The van der Waals surface area contributed by atoms with E-state index >= 15 is 0 Å². The van der Waals surface area contributed by atoms with E-state index in [1.165, 1.54) is 0 Å². The molecule has 2 N–H and O–H groups in total. The maximum absolute atomic E-state index is 11.3. The van der Waals surface area contributed by atoms with E-state index in [4.69, 9.17) is 4.74 Å². The molecule has 76 valence electrons. The number of esters is 1. The fraction of sp³-hybridized carbons (Fsp3) is 0.889. The molecule has 0 spiro atoms. The molecule has 0 aliphatic heterocycles. The van der Waals surface area contributed by atoms with Crippen molar-refractivity contribution < 1.29 is 19.7 Å². The number of rotatable bonds is 2. The van der Waals surface area contributed by atoms with Gasteiger partial charge in [0.15, 0.2) is 5.60 Å². The number of ether oxygens (including phenoxy) is 1. The van der Waals surface area contributed by atoms with E-state index in [2.05, 4.69) is 0 Å². The molecule has 0 aromatic rings. The van der Waals surface area contributed by atoms with E-state index in [0.29, 0.717) is 19.3 Å². The predicted octanol–water partition coefficient (Wildman–Crippen LogP) is 0.215. The zero-order valence-corrected chi connectivity index (χ0v) is 7.82. The van der Waals surface area contributed by atoms with Gasteiger partial charge in [-0.05, 0) is 26.2 Å². The van der Waals surface area contributed by atoms with Crippen LogP contribution in [0, 0.1) is 0 Å². The molecule has 0 saturated heterocycles. The maximum atomic E-state index is 11.3. The summed E-state index contributed by atoms with van der Waals surface area (Å²) < 4.78 is 4.73. The van der Waals surface area contributed by atoms with Crippen LogP contribution in [-0.4, -0.2) is 34.5 Å². The van der Waals surface area contributed by atoms with Crippen LogP contribution in [0.5, 0.6) is 0 Å². The van der Waals surface area contributed by atoms with Crippen molar-refractivity contribution in [2.75, 3.05) is 6.61 Å². The fourth-order valence-electron chi connectivity index (χ4n) is 1.67. The average Bonchev–Trinajstić information content (AvgIpc) is 2.04. The van der Waals surface area contributed by atoms with Gasteiger partial charge in [0.1, 0.15) is 0 Å². The Kier molecular flexibility index (Phi) is 3.27. The Morgan fingerprint density at radius 2 is 2.38 bits per heavy atom. The van der Waals surface area contributed by atoms with Gasteiger partial charge in [0, 0.05) is 6.42 Å². The molecule has 1 fully saturated rings. The van der Waals surface area contributed by atoms with Crippen LogP contribution < -0.4 is 0 Å². The minimum Gasteiger partial charge on any atom is -0.464 e. The largest absolute Gasteiger partial charge is 0.464 e. The third kappa shape index (κ3) is 2.42. The van der Waals surface area contributed by atoms with Gasteiger partial charge in [0.2, 0.25) is 0 Å². The lowest BCUT2D eigenvalue weighted by molar-refractivity contribution is -0.172. The first-order chi connectivity index (χ1) is 6.08. The Morgan fingerprint density at radius 1 is 1.69 bits per heavy atom. The van der Waals surface area contributed by atoms with Crippen LogP contribution in [0.15, 0.2) is 0 Å². The lowest BCUT2D eigenvalue weighted by Gasteiger charge is -2.32. The normalized spacial score (nSPS) is 34.2. The monoisotopic (exact) mass is 188 g/mol. The molecule has 1 rings (SSSR count). The smallest absolute Gasteiger partial charge is 0.338 e. The van der Waals surface area contributed by atoms with Crippen LogP contribution in [-0.2, 0) is 9.53 Å². The highest BCUT2D eigenvalue weighted by atomic mass is 16.5. The van der Waals surface area contributed by atoms with Gasteiger partial charge in [-0.15, -0.1) is 0 Å². The summed E-state index contributed by atoms with van der Waals surface area (Å²) in [7, 11) is 0. The predicted molar refractivity (Wildman–Crippen MR) is 46.1 cm³/mol. The van der Waals surface area contributed by atoms with Gasteiger partial charge < -0.3 is 14.9 Å². The lowest BCUT2D eigenvalue weighted by Crippen LogP contribution is -2.45. The summed E-state index contributed by atoms with van der Waals surface area (Å²) in [5, 5.41) is 19.1. The molecule has 4 heteroatoms. The Bertz CT molecular complexity index is 192. The number of hydrogen-bond donors (Lipinski definition) is 2. The highest BCUT2D eigenvalue weighted by molar-refractivity contribution is 5.79. The molecule has 1 saturated carbocycles. The van der Waals surface area contributed by atoms with Crippen molar-refractivity contribution >= 4 is 5.97 Å². The quantitative estimate of drug-likeness (QED) is 0.608. The molecule has 1 aliphatic carbocycles. The van der Waals surface area contributed by atoms with Gasteiger partial charge in [-0.25, -0.2) is 4.79 Å². The van der Waals surface area contributed by atoms with Crippen LogP contribution in [0.1, 0.15) is 32.6 Å². The fourth-order valence-corrected chi connectivity index (χ4v) is 1.67. The minimum absolute atomic E-state index is 0.103. The van der Waals surface area contributed by atoms with Crippen molar-refractivity contribution in [2.45, 2.75) is 44.3 Å². The first-order valence-corrected chi connectivity index (χ1v) is 4.66. The van der Waals surface area contributed by atoms with Gasteiger partial charge in [0.25, 0.3) is 0 Å². The second-order valence-electron chi connectivity index (χ2n) is 3.50. The highest BCUT2D eigenvalue weighted by Crippen LogP contribution is 2.29. The molecule has 0 aromatic carbocycles. The molecular weight excluding hydrogens is 172 g/mol. The third-order valence-corrected chi connectivity index (χ3v) is 2.36. The van der Waals surface area contributed by atoms with Gasteiger partial charge in [-0.2, -0.15) is 0 Å². The summed E-state index contributed by atoms with van der Waals surface area (Å²) >= 11 is 0. The second-order valence-corrected chi connectivity index (χ2v) is 3.50. The molecule has 13 heavy (non-hydrogen) atoms. The third-order valence-electron chi connectivity index (χ3n) is 2.36. The molecule has 0 radical (unpaired) electrons. The number of aliphatic hydroxyl groups is 2. The standard InChI is InChI=1S/C9H16O4/c1-2-13-8(11)9(12)5-3-4-7(10)6-9/h7,10,12H,2-6H2,1H3. The summed E-state index contributed by atoms with van der Waals surface area (Å²) in [5.41, 5.74) is -1.45. The number of carbonyl (C=O) groups is 1. The van der Waals surface area contributed by atoms with Crippen molar-refractivity contribution in [1.29, 1.82) is 0 Å². The highest BCUT2D eigenvalue weighted by Gasteiger charge is 2.41. The van der Waals surface area contributed by atoms with E-state index in [0.717, 1.165) is 0 Å². The van der Waals surface area contributed by atoms with Crippen LogP contribution >= 0.6 is 0 Å². The summed E-state index contributed by atoms with van der Waals surface area (Å²) in [4.78, 5) is 11.3. The van der Waals surface area contributed by atoms with E-state index in [9.17, 15) is 15.0 Å². The molecule has 2 unspecified atom stereocenters. The summed E-state index contributed by atoms with van der Waals surface area (Å²) in [6, 6.07) is 0. The van der Waals surface area contributed by atoms with E-state index in [1.54, 1.807) is 6.92 Å². The summed E-state index contributed by atoms with van der Waals surface area (Å²) in [6.45, 7) is 1.96. The van der Waals surface area contributed by atoms with Crippen molar-refractivity contribution in [3.05, 3.63) is 0 Å². The van der Waals surface area contributed by atoms with Crippen LogP contribution in [0.3, 0.4) is 0 Å². The second kappa shape index (κ2) is 4.07. The number of carbonyl (C=O) groups excluding carboxylic acids is 1. The molecule has 0 amide bonds.